The Labute approximate surface area is 193 Å². The van der Waals surface area contributed by atoms with Crippen LogP contribution in [-0.4, -0.2) is 38.6 Å². The molecule has 8 nitrogen and oxygen atoms in total. The number of esters is 1. The molecule has 0 spiro atoms. The topological polar surface area (TPSA) is 103 Å². The molecular weight excluding hydrogens is 452 g/mol. The van der Waals surface area contributed by atoms with Crippen molar-refractivity contribution in [2.75, 3.05) is 31.5 Å². The molecule has 3 aromatic rings. The maximum Gasteiger partial charge on any atom is 0.341 e. The minimum atomic E-state index is -0.610. The number of thiophene rings is 2. The zero-order valence-corrected chi connectivity index (χ0v) is 19.6. The molecule has 2 N–H and O–H groups in total. The van der Waals surface area contributed by atoms with Crippen molar-refractivity contribution in [1.29, 1.82) is 0 Å². The summed E-state index contributed by atoms with van der Waals surface area (Å²) >= 11 is 2.28. The largest absolute Gasteiger partial charge is 0.497 e. The summed E-state index contributed by atoms with van der Waals surface area (Å²) in [6, 6.07) is 8.44. The molecule has 2 heterocycles. The fourth-order valence-corrected chi connectivity index (χ4v) is 4.63. The Bertz CT molecular complexity index is 1140. The van der Waals surface area contributed by atoms with Crippen molar-refractivity contribution in [1.82, 2.24) is 0 Å². The molecule has 0 saturated carbocycles. The first-order valence-corrected chi connectivity index (χ1v) is 11.3. The average molecular weight is 475 g/mol. The lowest BCUT2D eigenvalue weighted by atomic mass is 10.1. The number of benzene rings is 1. The maximum atomic E-state index is 13.1. The molecule has 2 amide bonds. The van der Waals surface area contributed by atoms with Crippen LogP contribution < -0.4 is 20.1 Å². The van der Waals surface area contributed by atoms with Crippen molar-refractivity contribution >= 4 is 51.1 Å². The first-order chi connectivity index (χ1) is 15.4. The molecule has 10 heteroatoms. The highest BCUT2D eigenvalue weighted by atomic mass is 32.1. The van der Waals surface area contributed by atoms with Gasteiger partial charge in [0.25, 0.3) is 11.8 Å². The van der Waals surface area contributed by atoms with Crippen LogP contribution in [0, 0.1) is 6.92 Å². The fraction of sp³-hybridized carbons (Fsp3) is 0.227. The van der Waals surface area contributed by atoms with Gasteiger partial charge in [-0.25, -0.2) is 4.79 Å². The summed E-state index contributed by atoms with van der Waals surface area (Å²) in [5.41, 5.74) is 0.977. The third-order valence-electron chi connectivity index (χ3n) is 4.46. The molecule has 0 fully saturated rings. The van der Waals surface area contributed by atoms with Gasteiger partial charge in [0.05, 0.1) is 41.8 Å². The Morgan fingerprint density at radius 2 is 1.81 bits per heavy atom. The van der Waals surface area contributed by atoms with Crippen LogP contribution in [-0.2, 0) is 4.74 Å². The third kappa shape index (κ3) is 4.92. The summed E-state index contributed by atoms with van der Waals surface area (Å²) in [5.74, 6) is -0.444. The van der Waals surface area contributed by atoms with Gasteiger partial charge < -0.3 is 24.8 Å². The lowest BCUT2D eigenvalue weighted by Gasteiger charge is -2.11. The monoisotopic (exact) mass is 474 g/mol. The minimum Gasteiger partial charge on any atom is -0.497 e. The average Bonchev–Trinajstić information content (AvgIpc) is 3.42. The number of nitrogens with one attached hydrogen (secondary N) is 2. The highest BCUT2D eigenvalue weighted by Crippen LogP contribution is 2.36. The van der Waals surface area contributed by atoms with Crippen molar-refractivity contribution in [3.8, 4) is 11.5 Å². The second kappa shape index (κ2) is 10.3. The molecule has 168 valence electrons. The predicted molar refractivity (Wildman–Crippen MR) is 125 cm³/mol. The van der Waals surface area contributed by atoms with E-state index in [1.165, 1.54) is 25.6 Å². The number of rotatable bonds is 8. The molecule has 2 aromatic heterocycles. The van der Waals surface area contributed by atoms with Crippen molar-refractivity contribution in [2.24, 2.45) is 0 Å². The van der Waals surface area contributed by atoms with Crippen LogP contribution in [0.4, 0.5) is 10.7 Å². The summed E-state index contributed by atoms with van der Waals surface area (Å²) in [6.45, 7) is 3.49. The van der Waals surface area contributed by atoms with Gasteiger partial charge in [0.15, 0.2) is 0 Å². The highest BCUT2D eigenvalue weighted by Gasteiger charge is 2.27. The Kier molecular flexibility index (Phi) is 7.49. The van der Waals surface area contributed by atoms with E-state index >= 15 is 0 Å². The van der Waals surface area contributed by atoms with Crippen molar-refractivity contribution < 1.29 is 28.6 Å². The van der Waals surface area contributed by atoms with Crippen LogP contribution in [0.25, 0.3) is 0 Å². The van der Waals surface area contributed by atoms with Gasteiger partial charge in [-0.3, -0.25) is 9.59 Å². The molecule has 0 bridgehead atoms. The SMILES string of the molecule is CCOC(=O)c1c(NC(=O)c2cccs2)sc(C(=O)Nc2cc(OC)ccc2OC)c1C. The molecule has 0 radical (unpaired) electrons. The zero-order chi connectivity index (χ0) is 23.3. The van der Waals surface area contributed by atoms with Gasteiger partial charge in [0, 0.05) is 6.07 Å². The molecule has 0 aliphatic carbocycles. The molecule has 0 atom stereocenters. The molecule has 3 rings (SSSR count). The van der Waals surface area contributed by atoms with E-state index in [1.54, 1.807) is 49.6 Å². The molecule has 0 aliphatic rings. The van der Waals surface area contributed by atoms with E-state index in [-0.39, 0.29) is 28.0 Å². The number of carbonyl (C=O) groups is 3. The second-order valence-electron chi connectivity index (χ2n) is 6.43. The molecule has 0 saturated heterocycles. The number of anilines is 2. The molecular formula is C22H22N2O6S2. The standard InChI is InChI=1S/C22H22N2O6S2/c1-5-30-22(27)17-12(2)18(32-21(17)24-19(25)16-7-6-10-31-16)20(26)23-14-11-13(28-3)8-9-15(14)29-4/h6-11H,5H2,1-4H3,(H,23,26)(H,24,25). The Morgan fingerprint density at radius 3 is 2.44 bits per heavy atom. The van der Waals surface area contributed by atoms with Gasteiger partial charge in [-0.05, 0) is 43.0 Å². The van der Waals surface area contributed by atoms with E-state index in [4.69, 9.17) is 14.2 Å². The minimum absolute atomic E-state index is 0.157. The summed E-state index contributed by atoms with van der Waals surface area (Å²) in [6.07, 6.45) is 0. The highest BCUT2D eigenvalue weighted by molar-refractivity contribution is 7.19. The third-order valence-corrected chi connectivity index (χ3v) is 6.53. The van der Waals surface area contributed by atoms with Crippen molar-refractivity contribution in [3.05, 3.63) is 56.6 Å². The summed E-state index contributed by atoms with van der Waals surface area (Å²) in [5, 5.41) is 7.56. The first-order valence-electron chi connectivity index (χ1n) is 9.58. The molecule has 32 heavy (non-hydrogen) atoms. The first kappa shape index (κ1) is 23.3. The second-order valence-corrected chi connectivity index (χ2v) is 8.40. The molecule has 0 aliphatic heterocycles. The van der Waals surface area contributed by atoms with Crippen LogP contribution in [0.2, 0.25) is 0 Å². The molecule has 0 unspecified atom stereocenters. The van der Waals surface area contributed by atoms with E-state index in [0.717, 1.165) is 11.3 Å². The van der Waals surface area contributed by atoms with E-state index in [0.29, 0.717) is 27.6 Å². The summed E-state index contributed by atoms with van der Waals surface area (Å²) < 4.78 is 15.7. The van der Waals surface area contributed by atoms with Crippen molar-refractivity contribution in [2.45, 2.75) is 13.8 Å². The quantitative estimate of drug-likeness (QED) is 0.454. The van der Waals surface area contributed by atoms with Crippen LogP contribution in [0.5, 0.6) is 11.5 Å². The number of ether oxygens (including phenoxy) is 3. The van der Waals surface area contributed by atoms with Gasteiger partial charge in [-0.1, -0.05) is 6.07 Å². The number of amides is 2. The van der Waals surface area contributed by atoms with Crippen LogP contribution in [0.1, 0.15) is 42.2 Å². The smallest absolute Gasteiger partial charge is 0.341 e. The predicted octanol–water partition coefficient (Wildman–Crippen LogP) is 4.82. The Hall–Kier alpha value is -3.37. The van der Waals surface area contributed by atoms with Gasteiger partial charge in [0.1, 0.15) is 16.5 Å². The Balaban J connectivity index is 1.96. The van der Waals surface area contributed by atoms with Gasteiger partial charge in [-0.2, -0.15) is 0 Å². The van der Waals surface area contributed by atoms with Crippen LogP contribution in [0.15, 0.2) is 35.7 Å². The van der Waals surface area contributed by atoms with Gasteiger partial charge in [-0.15, -0.1) is 22.7 Å². The number of hydrogen-bond acceptors (Lipinski definition) is 8. The van der Waals surface area contributed by atoms with E-state index in [2.05, 4.69) is 10.6 Å². The number of methoxy groups -OCH3 is 2. The number of carbonyl (C=O) groups excluding carboxylic acids is 3. The van der Waals surface area contributed by atoms with E-state index < -0.39 is 11.9 Å². The normalized spacial score (nSPS) is 10.4. The van der Waals surface area contributed by atoms with Crippen LogP contribution >= 0.6 is 22.7 Å². The van der Waals surface area contributed by atoms with E-state index in [1.807, 2.05) is 0 Å². The van der Waals surface area contributed by atoms with Crippen molar-refractivity contribution in [3.63, 3.8) is 0 Å². The Morgan fingerprint density at radius 1 is 1.03 bits per heavy atom. The maximum absolute atomic E-state index is 13.1. The summed E-state index contributed by atoms with van der Waals surface area (Å²) in [4.78, 5) is 39.0. The van der Waals surface area contributed by atoms with Gasteiger partial charge in [0.2, 0.25) is 0 Å². The van der Waals surface area contributed by atoms with Gasteiger partial charge >= 0.3 is 5.97 Å². The fourth-order valence-electron chi connectivity index (χ4n) is 2.93. The lowest BCUT2D eigenvalue weighted by molar-refractivity contribution is 0.0527. The summed E-state index contributed by atoms with van der Waals surface area (Å²) in [7, 11) is 3.01. The number of hydrogen-bond donors (Lipinski definition) is 2. The zero-order valence-electron chi connectivity index (χ0n) is 17.9. The van der Waals surface area contributed by atoms with Crippen LogP contribution in [0.3, 0.4) is 0 Å². The lowest BCUT2D eigenvalue weighted by Crippen LogP contribution is -2.14. The van der Waals surface area contributed by atoms with E-state index in [9.17, 15) is 14.4 Å². The molecule has 1 aromatic carbocycles.